The first kappa shape index (κ1) is 16.8. The van der Waals surface area contributed by atoms with Gasteiger partial charge in [0.05, 0.1) is 13.1 Å². The van der Waals surface area contributed by atoms with Gasteiger partial charge in [-0.1, -0.05) is 29.8 Å². The SMILES string of the molecule is Cc1ccc(Cn2ccc(NC(=O)c3ccc(Cn4cccn4)o3)n2)cc1. The first-order valence-electron chi connectivity index (χ1n) is 8.62. The van der Waals surface area contributed by atoms with E-state index in [1.165, 1.54) is 5.56 Å². The number of benzene rings is 1. The maximum absolute atomic E-state index is 12.4. The summed E-state index contributed by atoms with van der Waals surface area (Å²) in [6.07, 6.45) is 5.37. The number of hydrogen-bond donors (Lipinski definition) is 1. The number of carbonyl (C=O) groups excluding carboxylic acids is 1. The van der Waals surface area contributed by atoms with Gasteiger partial charge in [-0.15, -0.1) is 0 Å². The van der Waals surface area contributed by atoms with Crippen LogP contribution in [0.25, 0.3) is 0 Å². The standard InChI is InChI=1S/C20H19N5O2/c1-15-3-5-16(6-4-15)13-25-12-9-19(23-25)22-20(26)18-8-7-17(27-18)14-24-11-2-10-21-24/h2-12H,13-14H2,1H3,(H,22,23,26). The van der Waals surface area contributed by atoms with Crippen molar-refractivity contribution < 1.29 is 9.21 Å². The predicted octanol–water partition coefficient (Wildman–Crippen LogP) is 3.33. The molecule has 4 rings (SSSR count). The molecule has 0 spiro atoms. The van der Waals surface area contributed by atoms with Gasteiger partial charge in [0.2, 0.25) is 0 Å². The fraction of sp³-hybridized carbons (Fsp3) is 0.150. The molecule has 0 aliphatic rings. The molecule has 0 atom stereocenters. The van der Waals surface area contributed by atoms with Crippen molar-refractivity contribution in [2.24, 2.45) is 0 Å². The molecule has 1 N–H and O–H groups in total. The van der Waals surface area contributed by atoms with Gasteiger partial charge < -0.3 is 9.73 Å². The molecule has 0 saturated carbocycles. The van der Waals surface area contributed by atoms with Crippen LogP contribution in [0.5, 0.6) is 0 Å². The average Bonchev–Trinajstić information content (AvgIpc) is 3.40. The fourth-order valence-electron chi connectivity index (χ4n) is 2.71. The Morgan fingerprint density at radius 3 is 2.67 bits per heavy atom. The lowest BCUT2D eigenvalue weighted by Crippen LogP contribution is -2.12. The van der Waals surface area contributed by atoms with Crippen molar-refractivity contribution >= 4 is 11.7 Å². The molecule has 1 amide bonds. The molecule has 27 heavy (non-hydrogen) atoms. The van der Waals surface area contributed by atoms with Crippen LogP contribution < -0.4 is 5.32 Å². The van der Waals surface area contributed by atoms with Gasteiger partial charge in [-0.2, -0.15) is 10.2 Å². The molecule has 136 valence electrons. The molecule has 3 heterocycles. The van der Waals surface area contributed by atoms with Gasteiger partial charge in [0.25, 0.3) is 5.91 Å². The van der Waals surface area contributed by atoms with E-state index in [0.717, 1.165) is 5.56 Å². The minimum absolute atomic E-state index is 0.241. The lowest BCUT2D eigenvalue weighted by Gasteiger charge is -2.03. The van der Waals surface area contributed by atoms with Gasteiger partial charge >= 0.3 is 0 Å². The maximum Gasteiger partial charge on any atom is 0.292 e. The molecule has 0 bridgehead atoms. The van der Waals surface area contributed by atoms with Crippen molar-refractivity contribution in [3.05, 3.63) is 89.8 Å². The van der Waals surface area contributed by atoms with E-state index in [1.807, 2.05) is 18.5 Å². The topological polar surface area (TPSA) is 77.9 Å². The highest BCUT2D eigenvalue weighted by Crippen LogP contribution is 2.13. The molecule has 7 nitrogen and oxygen atoms in total. The number of aromatic nitrogens is 4. The zero-order valence-corrected chi connectivity index (χ0v) is 14.9. The summed E-state index contributed by atoms with van der Waals surface area (Å²) in [6.45, 7) is 3.18. The molecule has 4 aromatic rings. The van der Waals surface area contributed by atoms with E-state index in [1.54, 1.807) is 33.8 Å². The number of rotatable bonds is 6. The molecule has 0 radical (unpaired) electrons. The van der Waals surface area contributed by atoms with E-state index >= 15 is 0 Å². The highest BCUT2D eigenvalue weighted by molar-refractivity contribution is 6.01. The maximum atomic E-state index is 12.4. The van der Waals surface area contributed by atoms with E-state index in [-0.39, 0.29) is 11.7 Å². The summed E-state index contributed by atoms with van der Waals surface area (Å²) in [4.78, 5) is 12.4. The van der Waals surface area contributed by atoms with Gasteiger partial charge in [0.15, 0.2) is 11.6 Å². The van der Waals surface area contributed by atoms with E-state index in [4.69, 9.17) is 4.42 Å². The van der Waals surface area contributed by atoms with Crippen LogP contribution in [0.4, 0.5) is 5.82 Å². The number of aryl methyl sites for hydroxylation is 1. The van der Waals surface area contributed by atoms with Crippen molar-refractivity contribution in [2.75, 3.05) is 5.32 Å². The number of anilines is 1. The number of furan rings is 1. The van der Waals surface area contributed by atoms with E-state index in [2.05, 4.69) is 46.7 Å². The summed E-state index contributed by atoms with van der Waals surface area (Å²) in [5, 5.41) is 11.3. The molecule has 1 aromatic carbocycles. The van der Waals surface area contributed by atoms with Crippen LogP contribution in [0, 0.1) is 6.92 Å². The Hall–Kier alpha value is -3.61. The largest absolute Gasteiger partial charge is 0.454 e. The quantitative estimate of drug-likeness (QED) is 0.571. The van der Waals surface area contributed by atoms with Gasteiger partial charge in [-0.05, 0) is 30.7 Å². The van der Waals surface area contributed by atoms with E-state index < -0.39 is 0 Å². The molecule has 7 heteroatoms. The lowest BCUT2D eigenvalue weighted by atomic mass is 10.1. The molecule has 0 fully saturated rings. The third kappa shape index (κ3) is 4.14. The van der Waals surface area contributed by atoms with Gasteiger partial charge in [0, 0.05) is 24.7 Å². The van der Waals surface area contributed by atoms with E-state index in [9.17, 15) is 4.79 Å². The minimum atomic E-state index is -0.331. The third-order valence-electron chi connectivity index (χ3n) is 4.11. The van der Waals surface area contributed by atoms with Crippen molar-refractivity contribution in [3.63, 3.8) is 0 Å². The Morgan fingerprint density at radius 1 is 1.04 bits per heavy atom. The zero-order chi connectivity index (χ0) is 18.6. The van der Waals surface area contributed by atoms with Crippen LogP contribution in [0.2, 0.25) is 0 Å². The molecule has 0 saturated heterocycles. The van der Waals surface area contributed by atoms with Crippen LogP contribution >= 0.6 is 0 Å². The Morgan fingerprint density at radius 2 is 1.89 bits per heavy atom. The molecular weight excluding hydrogens is 342 g/mol. The number of amides is 1. The van der Waals surface area contributed by atoms with Gasteiger partial charge in [0.1, 0.15) is 5.76 Å². The zero-order valence-electron chi connectivity index (χ0n) is 14.9. The number of nitrogens with zero attached hydrogens (tertiary/aromatic N) is 4. The molecule has 0 aliphatic carbocycles. The highest BCUT2D eigenvalue weighted by Gasteiger charge is 2.13. The second kappa shape index (κ2) is 7.33. The molecule has 0 aliphatic heterocycles. The normalized spacial score (nSPS) is 10.9. The summed E-state index contributed by atoms with van der Waals surface area (Å²) in [6, 6.07) is 15.3. The Kier molecular flexibility index (Phi) is 4.57. The Bertz CT molecular complexity index is 1030. The Labute approximate surface area is 156 Å². The summed E-state index contributed by atoms with van der Waals surface area (Å²) in [5.41, 5.74) is 2.37. The second-order valence-electron chi connectivity index (χ2n) is 6.31. The average molecular weight is 361 g/mol. The monoisotopic (exact) mass is 361 g/mol. The molecule has 3 aromatic heterocycles. The van der Waals surface area contributed by atoms with Crippen molar-refractivity contribution in [1.82, 2.24) is 19.6 Å². The minimum Gasteiger partial charge on any atom is -0.454 e. The van der Waals surface area contributed by atoms with Crippen LogP contribution in [0.1, 0.15) is 27.4 Å². The summed E-state index contributed by atoms with van der Waals surface area (Å²) >= 11 is 0. The van der Waals surface area contributed by atoms with Crippen molar-refractivity contribution in [3.8, 4) is 0 Å². The van der Waals surface area contributed by atoms with Crippen LogP contribution in [0.15, 0.2) is 71.5 Å². The van der Waals surface area contributed by atoms with Crippen LogP contribution in [-0.2, 0) is 13.1 Å². The predicted molar refractivity (Wildman–Crippen MR) is 100 cm³/mol. The van der Waals surface area contributed by atoms with E-state index in [0.29, 0.717) is 24.7 Å². The number of nitrogens with one attached hydrogen (secondary N) is 1. The van der Waals surface area contributed by atoms with Crippen LogP contribution in [0.3, 0.4) is 0 Å². The molecular formula is C20H19N5O2. The van der Waals surface area contributed by atoms with Crippen molar-refractivity contribution in [2.45, 2.75) is 20.0 Å². The first-order valence-corrected chi connectivity index (χ1v) is 8.62. The number of hydrogen-bond acceptors (Lipinski definition) is 4. The first-order chi connectivity index (χ1) is 13.2. The van der Waals surface area contributed by atoms with Crippen molar-refractivity contribution in [1.29, 1.82) is 0 Å². The summed E-state index contributed by atoms with van der Waals surface area (Å²) < 4.78 is 9.11. The lowest BCUT2D eigenvalue weighted by molar-refractivity contribution is 0.0994. The smallest absolute Gasteiger partial charge is 0.292 e. The second-order valence-corrected chi connectivity index (χ2v) is 6.31. The van der Waals surface area contributed by atoms with Crippen LogP contribution in [-0.4, -0.2) is 25.5 Å². The summed E-state index contributed by atoms with van der Waals surface area (Å²) in [7, 11) is 0. The third-order valence-corrected chi connectivity index (χ3v) is 4.11. The summed E-state index contributed by atoms with van der Waals surface area (Å²) in [5.74, 6) is 1.05. The fourth-order valence-corrected chi connectivity index (χ4v) is 2.71. The highest BCUT2D eigenvalue weighted by atomic mass is 16.4. The molecule has 0 unspecified atom stereocenters. The number of carbonyl (C=O) groups is 1. The Balaban J connectivity index is 1.38. The van der Waals surface area contributed by atoms with Gasteiger partial charge in [-0.3, -0.25) is 14.2 Å². The van der Waals surface area contributed by atoms with Gasteiger partial charge in [-0.25, -0.2) is 0 Å².